The van der Waals surface area contributed by atoms with Crippen molar-refractivity contribution in [2.75, 3.05) is 0 Å². The first kappa shape index (κ1) is 15.1. The number of rotatable bonds is 5. The molecule has 1 heterocycles. The first-order valence-corrected chi connectivity index (χ1v) is 6.09. The van der Waals surface area contributed by atoms with Gasteiger partial charge >= 0.3 is 11.7 Å². The molecule has 0 atom stereocenters. The fourth-order valence-corrected chi connectivity index (χ4v) is 1.72. The maximum atomic E-state index is 10.9. The van der Waals surface area contributed by atoms with Crippen molar-refractivity contribution in [1.82, 2.24) is 5.16 Å². The Labute approximate surface area is 127 Å². The van der Waals surface area contributed by atoms with Crippen LogP contribution in [-0.4, -0.2) is 21.2 Å². The van der Waals surface area contributed by atoms with Crippen LogP contribution in [0.3, 0.4) is 0 Å². The highest BCUT2D eigenvalue weighted by Gasteiger charge is 2.19. The Kier molecular flexibility index (Phi) is 4.29. The summed E-state index contributed by atoms with van der Waals surface area (Å²) in [5.41, 5.74) is -0.667. The van der Waals surface area contributed by atoms with Gasteiger partial charge in [0.15, 0.2) is 17.2 Å². The fourth-order valence-electron chi connectivity index (χ4n) is 1.41. The molecule has 0 amide bonds. The van der Waals surface area contributed by atoms with Crippen LogP contribution >= 0.6 is 23.2 Å². The molecule has 8 nitrogen and oxygen atoms in total. The van der Waals surface area contributed by atoms with E-state index in [2.05, 4.69) is 5.16 Å². The zero-order valence-electron chi connectivity index (χ0n) is 10.1. The summed E-state index contributed by atoms with van der Waals surface area (Å²) >= 11 is 11.5. The molecule has 0 saturated heterocycles. The van der Waals surface area contributed by atoms with Gasteiger partial charge in [0.1, 0.15) is 6.61 Å². The number of halogens is 2. The Morgan fingerprint density at radius 3 is 2.62 bits per heavy atom. The molecule has 0 aliphatic carbocycles. The number of hydrogen-bond donors (Lipinski definition) is 1. The van der Waals surface area contributed by atoms with Crippen LogP contribution in [0, 0.1) is 10.1 Å². The van der Waals surface area contributed by atoms with Crippen LogP contribution in [0.25, 0.3) is 0 Å². The summed E-state index contributed by atoms with van der Waals surface area (Å²) in [6.45, 7) is -0.251. The molecule has 0 aliphatic rings. The Morgan fingerprint density at radius 2 is 2.05 bits per heavy atom. The number of carbonyl (C=O) groups is 1. The van der Waals surface area contributed by atoms with E-state index < -0.39 is 10.9 Å². The molecule has 1 aromatic heterocycles. The summed E-state index contributed by atoms with van der Waals surface area (Å²) in [6, 6.07) is 3.39. The third-order valence-electron chi connectivity index (χ3n) is 2.35. The van der Waals surface area contributed by atoms with Gasteiger partial charge in [-0.15, -0.1) is 0 Å². The highest BCUT2D eigenvalue weighted by atomic mass is 35.5. The van der Waals surface area contributed by atoms with E-state index in [9.17, 15) is 14.9 Å². The number of carboxylic acids is 1. The summed E-state index contributed by atoms with van der Waals surface area (Å²) in [5.74, 6) is -1.29. The summed E-state index contributed by atoms with van der Waals surface area (Å²) < 4.78 is 9.92. The second-order valence-electron chi connectivity index (χ2n) is 3.76. The van der Waals surface area contributed by atoms with Gasteiger partial charge in [-0.05, 0) is 0 Å². The van der Waals surface area contributed by atoms with Crippen molar-refractivity contribution in [3.05, 3.63) is 49.8 Å². The van der Waals surface area contributed by atoms with Crippen molar-refractivity contribution in [1.29, 1.82) is 0 Å². The van der Waals surface area contributed by atoms with E-state index in [0.29, 0.717) is 0 Å². The summed E-state index contributed by atoms with van der Waals surface area (Å²) in [5, 5.41) is 23.0. The van der Waals surface area contributed by atoms with Gasteiger partial charge in [0.25, 0.3) is 0 Å². The molecule has 2 aromatic rings. The Morgan fingerprint density at radius 1 is 1.38 bits per heavy atom. The molecule has 110 valence electrons. The molecule has 21 heavy (non-hydrogen) atoms. The van der Waals surface area contributed by atoms with Crippen LogP contribution in [-0.2, 0) is 6.61 Å². The van der Waals surface area contributed by atoms with E-state index in [1.165, 1.54) is 6.07 Å². The second kappa shape index (κ2) is 5.98. The van der Waals surface area contributed by atoms with Crippen LogP contribution in [0.15, 0.2) is 22.7 Å². The summed E-state index contributed by atoms with van der Waals surface area (Å²) in [6.07, 6.45) is 0. The lowest BCUT2D eigenvalue weighted by atomic mass is 10.3. The molecule has 1 N–H and O–H groups in total. The molecule has 0 bridgehead atoms. The van der Waals surface area contributed by atoms with Gasteiger partial charge in [-0.2, -0.15) is 0 Å². The van der Waals surface area contributed by atoms with Gasteiger partial charge in [0, 0.05) is 18.2 Å². The maximum Gasteiger partial charge on any atom is 0.358 e. The van der Waals surface area contributed by atoms with E-state index in [4.69, 9.17) is 37.6 Å². The van der Waals surface area contributed by atoms with Crippen LogP contribution in [0.5, 0.6) is 5.75 Å². The average molecular weight is 333 g/mol. The molecule has 10 heteroatoms. The van der Waals surface area contributed by atoms with Gasteiger partial charge in [0.05, 0.1) is 15.0 Å². The molecule has 0 saturated carbocycles. The molecule has 0 unspecified atom stereocenters. The normalized spacial score (nSPS) is 10.4. The smallest absolute Gasteiger partial charge is 0.358 e. The van der Waals surface area contributed by atoms with Gasteiger partial charge in [-0.25, -0.2) is 4.79 Å². The van der Waals surface area contributed by atoms with E-state index in [-0.39, 0.29) is 39.5 Å². The zero-order valence-corrected chi connectivity index (χ0v) is 11.6. The highest BCUT2D eigenvalue weighted by molar-refractivity contribution is 6.42. The van der Waals surface area contributed by atoms with Crippen molar-refractivity contribution in [3.63, 3.8) is 0 Å². The molecule has 0 spiro atoms. The third-order valence-corrected chi connectivity index (χ3v) is 3.07. The molecule has 0 radical (unpaired) electrons. The topological polar surface area (TPSA) is 116 Å². The average Bonchev–Trinajstić information content (AvgIpc) is 2.88. The maximum absolute atomic E-state index is 10.9. The van der Waals surface area contributed by atoms with Crippen LogP contribution in [0.4, 0.5) is 5.69 Å². The lowest BCUT2D eigenvalue weighted by Crippen LogP contribution is -1.99. The van der Waals surface area contributed by atoms with Crippen LogP contribution in [0.1, 0.15) is 16.2 Å². The first-order valence-electron chi connectivity index (χ1n) is 5.33. The van der Waals surface area contributed by atoms with E-state index in [1.807, 2.05) is 0 Å². The predicted molar refractivity (Wildman–Crippen MR) is 70.9 cm³/mol. The third kappa shape index (κ3) is 3.41. The largest absolute Gasteiger partial charge is 0.478 e. The molecule has 2 rings (SSSR count). The summed E-state index contributed by atoms with van der Waals surface area (Å²) in [4.78, 5) is 20.8. The molecular formula is C11H6Cl2N2O6. The first-order chi connectivity index (χ1) is 9.88. The number of aromatic nitrogens is 1. The highest BCUT2D eigenvalue weighted by Crippen LogP contribution is 2.36. The SMILES string of the molecule is O=C(O)c1cc(COc2cc(Cl)c(Cl)cc2[N+](=O)[O-])on1. The second-order valence-corrected chi connectivity index (χ2v) is 4.58. The lowest BCUT2D eigenvalue weighted by Gasteiger charge is -2.06. The molecular weight excluding hydrogens is 327 g/mol. The van der Waals surface area contributed by atoms with Gasteiger partial charge in [0.2, 0.25) is 0 Å². The van der Waals surface area contributed by atoms with Gasteiger partial charge < -0.3 is 14.4 Å². The van der Waals surface area contributed by atoms with Crippen LogP contribution < -0.4 is 4.74 Å². The monoisotopic (exact) mass is 332 g/mol. The lowest BCUT2D eigenvalue weighted by molar-refractivity contribution is -0.385. The number of ether oxygens (including phenoxy) is 1. The van der Waals surface area contributed by atoms with Crippen molar-refractivity contribution < 1.29 is 24.1 Å². The fraction of sp³-hybridized carbons (Fsp3) is 0.0909. The van der Waals surface area contributed by atoms with E-state index in [0.717, 1.165) is 12.1 Å². The minimum absolute atomic E-state index is 0.0172. The summed E-state index contributed by atoms with van der Waals surface area (Å²) in [7, 11) is 0. The number of hydrogen-bond acceptors (Lipinski definition) is 6. The Hall–Kier alpha value is -2.32. The number of nitrogens with zero attached hydrogens (tertiary/aromatic N) is 2. The number of nitro groups is 1. The minimum Gasteiger partial charge on any atom is -0.478 e. The van der Waals surface area contributed by atoms with Crippen molar-refractivity contribution in [3.8, 4) is 5.75 Å². The van der Waals surface area contributed by atoms with Crippen molar-refractivity contribution >= 4 is 34.9 Å². The molecule has 0 fully saturated rings. The number of aromatic carboxylic acids is 1. The van der Waals surface area contributed by atoms with Crippen LogP contribution in [0.2, 0.25) is 10.0 Å². The molecule has 0 aliphatic heterocycles. The van der Waals surface area contributed by atoms with Gasteiger partial charge in [-0.1, -0.05) is 28.4 Å². The minimum atomic E-state index is -1.26. The Bertz CT molecular complexity index is 715. The van der Waals surface area contributed by atoms with Crippen molar-refractivity contribution in [2.45, 2.75) is 6.61 Å². The molecule has 1 aromatic carbocycles. The van der Waals surface area contributed by atoms with Gasteiger partial charge in [-0.3, -0.25) is 10.1 Å². The number of benzene rings is 1. The number of carboxylic acid groups (broad SMARTS) is 1. The van der Waals surface area contributed by atoms with E-state index >= 15 is 0 Å². The predicted octanol–water partition coefficient (Wildman–Crippen LogP) is 3.17. The quantitative estimate of drug-likeness (QED) is 0.660. The number of nitro benzene ring substituents is 1. The Balaban J connectivity index is 2.20. The zero-order chi connectivity index (χ0) is 15.6. The standard InChI is InChI=1S/C11H6Cl2N2O6/c12-6-2-9(15(18)19)10(3-7(6)13)20-4-5-1-8(11(16)17)14-21-5/h1-3H,4H2,(H,16,17). The van der Waals surface area contributed by atoms with E-state index in [1.54, 1.807) is 0 Å². The van der Waals surface area contributed by atoms with Crippen molar-refractivity contribution in [2.24, 2.45) is 0 Å².